The van der Waals surface area contributed by atoms with Crippen LogP contribution in [0.4, 0.5) is 0 Å². The molecular weight excluding hydrogens is 254 g/mol. The maximum absolute atomic E-state index is 5.90. The first-order valence-corrected chi connectivity index (χ1v) is 6.56. The van der Waals surface area contributed by atoms with Gasteiger partial charge in [-0.2, -0.15) is 0 Å². The standard InChI is InChI=1S/C13H14ClNOS/c1-7-5-11(16-4)8(2)9(3)12(7)10-6-17-13(14)15-10/h5-6H,1-4H3. The van der Waals surface area contributed by atoms with Crippen LogP contribution in [0.25, 0.3) is 11.3 Å². The number of nitrogens with zero attached hydrogens (tertiary/aromatic N) is 1. The Hall–Kier alpha value is -1.06. The zero-order valence-corrected chi connectivity index (χ0v) is 11.9. The summed E-state index contributed by atoms with van der Waals surface area (Å²) in [6.07, 6.45) is 0. The van der Waals surface area contributed by atoms with Crippen LogP contribution < -0.4 is 4.74 Å². The Morgan fingerprint density at radius 3 is 2.47 bits per heavy atom. The van der Waals surface area contributed by atoms with Crippen LogP contribution in [0.2, 0.25) is 4.47 Å². The minimum absolute atomic E-state index is 0.576. The second kappa shape index (κ2) is 4.67. The molecule has 0 radical (unpaired) electrons. The van der Waals surface area contributed by atoms with Gasteiger partial charge in [-0.25, -0.2) is 4.98 Å². The molecule has 0 spiro atoms. The number of halogens is 1. The molecule has 2 nitrogen and oxygen atoms in total. The predicted molar refractivity (Wildman–Crippen MR) is 73.3 cm³/mol. The van der Waals surface area contributed by atoms with E-state index in [0.29, 0.717) is 4.47 Å². The van der Waals surface area contributed by atoms with E-state index in [-0.39, 0.29) is 0 Å². The summed E-state index contributed by atoms with van der Waals surface area (Å²) in [6.45, 7) is 6.22. The van der Waals surface area contributed by atoms with Gasteiger partial charge in [-0.05, 0) is 43.5 Å². The van der Waals surface area contributed by atoms with Crippen molar-refractivity contribution >= 4 is 22.9 Å². The number of aryl methyl sites for hydroxylation is 1. The molecule has 2 aromatic rings. The molecule has 2 rings (SSSR count). The Kier molecular flexibility index (Phi) is 3.40. The van der Waals surface area contributed by atoms with Crippen molar-refractivity contribution in [3.63, 3.8) is 0 Å². The second-order valence-electron chi connectivity index (χ2n) is 4.01. The number of ether oxygens (including phenoxy) is 1. The van der Waals surface area contributed by atoms with E-state index in [2.05, 4.69) is 25.8 Å². The van der Waals surface area contributed by atoms with E-state index in [9.17, 15) is 0 Å². The Balaban J connectivity index is 2.66. The van der Waals surface area contributed by atoms with Gasteiger partial charge in [0.05, 0.1) is 12.8 Å². The number of thiazole rings is 1. The molecule has 0 aliphatic heterocycles. The highest BCUT2D eigenvalue weighted by Crippen LogP contribution is 2.35. The number of benzene rings is 1. The Morgan fingerprint density at radius 2 is 1.94 bits per heavy atom. The van der Waals surface area contributed by atoms with E-state index >= 15 is 0 Å². The van der Waals surface area contributed by atoms with Crippen molar-refractivity contribution in [3.05, 3.63) is 32.6 Å². The SMILES string of the molecule is COc1cc(C)c(-c2csc(Cl)n2)c(C)c1C. The summed E-state index contributed by atoms with van der Waals surface area (Å²) in [6, 6.07) is 2.05. The molecule has 4 heteroatoms. The van der Waals surface area contributed by atoms with Crippen LogP contribution in [-0.2, 0) is 0 Å². The van der Waals surface area contributed by atoms with Crippen molar-refractivity contribution in [2.45, 2.75) is 20.8 Å². The molecular formula is C13H14ClNOS. The van der Waals surface area contributed by atoms with Gasteiger partial charge in [0.25, 0.3) is 0 Å². The predicted octanol–water partition coefficient (Wildman–Crippen LogP) is 4.40. The highest BCUT2D eigenvalue weighted by molar-refractivity contribution is 7.14. The summed E-state index contributed by atoms with van der Waals surface area (Å²) in [4.78, 5) is 4.34. The fraction of sp³-hybridized carbons (Fsp3) is 0.308. The number of methoxy groups -OCH3 is 1. The van der Waals surface area contributed by atoms with Gasteiger partial charge < -0.3 is 4.74 Å². The first-order chi connectivity index (χ1) is 8.04. The van der Waals surface area contributed by atoms with Crippen LogP contribution >= 0.6 is 22.9 Å². The van der Waals surface area contributed by atoms with Crippen molar-refractivity contribution in [3.8, 4) is 17.0 Å². The van der Waals surface area contributed by atoms with E-state index in [1.54, 1.807) is 7.11 Å². The van der Waals surface area contributed by atoms with Gasteiger partial charge in [-0.15, -0.1) is 11.3 Å². The molecule has 0 bridgehead atoms. The number of hydrogen-bond donors (Lipinski definition) is 0. The molecule has 0 fully saturated rings. The van der Waals surface area contributed by atoms with Crippen LogP contribution in [0, 0.1) is 20.8 Å². The molecule has 0 aliphatic rings. The Labute approximate surface area is 110 Å². The fourth-order valence-corrected chi connectivity index (χ4v) is 2.77. The zero-order valence-electron chi connectivity index (χ0n) is 10.3. The molecule has 0 amide bonds. The lowest BCUT2D eigenvalue weighted by molar-refractivity contribution is 0.411. The molecule has 90 valence electrons. The first kappa shape index (κ1) is 12.4. The van der Waals surface area contributed by atoms with Crippen LogP contribution in [0.15, 0.2) is 11.4 Å². The monoisotopic (exact) mass is 267 g/mol. The minimum atomic E-state index is 0.576. The van der Waals surface area contributed by atoms with Crippen molar-refractivity contribution in [1.29, 1.82) is 0 Å². The van der Waals surface area contributed by atoms with Gasteiger partial charge in [0.2, 0.25) is 0 Å². The summed E-state index contributed by atoms with van der Waals surface area (Å²) in [5, 5.41) is 1.99. The molecule has 0 saturated heterocycles. The maximum Gasteiger partial charge on any atom is 0.184 e. The van der Waals surface area contributed by atoms with Crippen molar-refractivity contribution in [2.75, 3.05) is 7.11 Å². The minimum Gasteiger partial charge on any atom is -0.496 e. The van der Waals surface area contributed by atoms with Crippen molar-refractivity contribution in [2.24, 2.45) is 0 Å². The lowest BCUT2D eigenvalue weighted by Crippen LogP contribution is -1.96. The van der Waals surface area contributed by atoms with Crippen LogP contribution in [-0.4, -0.2) is 12.1 Å². The molecule has 1 heterocycles. The summed E-state index contributed by atoms with van der Waals surface area (Å²) < 4.78 is 5.94. The van der Waals surface area contributed by atoms with Crippen LogP contribution in [0.1, 0.15) is 16.7 Å². The average Bonchev–Trinajstić information content (AvgIpc) is 2.70. The lowest BCUT2D eigenvalue weighted by atomic mass is 9.95. The summed E-state index contributed by atoms with van der Waals surface area (Å²) >= 11 is 7.35. The largest absolute Gasteiger partial charge is 0.496 e. The third kappa shape index (κ3) is 2.17. The van der Waals surface area contributed by atoms with Gasteiger partial charge in [-0.3, -0.25) is 0 Å². The molecule has 0 aliphatic carbocycles. The Bertz CT molecular complexity index is 563. The highest BCUT2D eigenvalue weighted by atomic mass is 35.5. The second-order valence-corrected chi connectivity index (χ2v) is 5.45. The van der Waals surface area contributed by atoms with E-state index in [1.165, 1.54) is 16.9 Å². The van der Waals surface area contributed by atoms with E-state index in [1.807, 2.05) is 11.4 Å². The quantitative estimate of drug-likeness (QED) is 0.805. The van der Waals surface area contributed by atoms with Crippen molar-refractivity contribution in [1.82, 2.24) is 4.98 Å². The average molecular weight is 268 g/mol. The first-order valence-electron chi connectivity index (χ1n) is 5.30. The normalized spacial score (nSPS) is 10.6. The van der Waals surface area contributed by atoms with Crippen LogP contribution in [0.3, 0.4) is 0 Å². The van der Waals surface area contributed by atoms with Crippen LogP contribution in [0.5, 0.6) is 5.75 Å². The molecule has 1 aromatic carbocycles. The third-order valence-corrected chi connectivity index (χ3v) is 3.98. The van der Waals surface area contributed by atoms with E-state index in [0.717, 1.165) is 28.1 Å². The van der Waals surface area contributed by atoms with Gasteiger partial charge in [0.1, 0.15) is 5.75 Å². The fourth-order valence-electron chi connectivity index (χ4n) is 2.02. The summed E-state index contributed by atoms with van der Waals surface area (Å²) in [7, 11) is 1.70. The van der Waals surface area contributed by atoms with E-state index in [4.69, 9.17) is 16.3 Å². The van der Waals surface area contributed by atoms with E-state index < -0.39 is 0 Å². The molecule has 17 heavy (non-hydrogen) atoms. The topological polar surface area (TPSA) is 22.1 Å². The molecule has 1 aromatic heterocycles. The van der Waals surface area contributed by atoms with Gasteiger partial charge in [-0.1, -0.05) is 11.6 Å². The number of aromatic nitrogens is 1. The lowest BCUT2D eigenvalue weighted by Gasteiger charge is -2.14. The maximum atomic E-state index is 5.90. The highest BCUT2D eigenvalue weighted by Gasteiger charge is 2.14. The smallest absolute Gasteiger partial charge is 0.184 e. The van der Waals surface area contributed by atoms with Gasteiger partial charge >= 0.3 is 0 Å². The summed E-state index contributed by atoms with van der Waals surface area (Å²) in [5.41, 5.74) is 5.61. The van der Waals surface area contributed by atoms with Gasteiger partial charge in [0, 0.05) is 10.9 Å². The zero-order chi connectivity index (χ0) is 12.6. The number of hydrogen-bond acceptors (Lipinski definition) is 3. The Morgan fingerprint density at radius 1 is 1.24 bits per heavy atom. The molecule has 0 saturated carbocycles. The third-order valence-electron chi connectivity index (χ3n) is 3.00. The summed E-state index contributed by atoms with van der Waals surface area (Å²) in [5.74, 6) is 0.921. The van der Waals surface area contributed by atoms with Crippen molar-refractivity contribution < 1.29 is 4.74 Å². The molecule has 0 unspecified atom stereocenters. The number of rotatable bonds is 2. The molecule has 0 N–H and O–H groups in total. The molecule has 0 atom stereocenters. The van der Waals surface area contributed by atoms with Gasteiger partial charge in [0.15, 0.2) is 4.47 Å².